The molecule has 1 amide bonds. The van der Waals surface area contributed by atoms with Gasteiger partial charge < -0.3 is 10.1 Å². The number of carbonyl (C=O) groups excluding carboxylic acids is 1. The summed E-state index contributed by atoms with van der Waals surface area (Å²) in [5.74, 6) is 0.0870. The van der Waals surface area contributed by atoms with Crippen LogP contribution in [0.5, 0.6) is 5.75 Å². The Kier molecular flexibility index (Phi) is 5.08. The van der Waals surface area contributed by atoms with Crippen molar-refractivity contribution in [3.05, 3.63) is 50.2 Å². The number of hydrogen-bond acceptors (Lipinski definition) is 3. The first-order valence-corrected chi connectivity index (χ1v) is 7.43. The summed E-state index contributed by atoms with van der Waals surface area (Å²) >= 11 is 15.4. The van der Waals surface area contributed by atoms with E-state index in [2.05, 4.69) is 26.2 Å². The molecule has 0 atom stereocenters. The number of aromatic nitrogens is 1. The van der Waals surface area contributed by atoms with Crippen LogP contribution in [0.1, 0.15) is 16.1 Å². The Hall–Kier alpha value is -1.30. The summed E-state index contributed by atoms with van der Waals surface area (Å²) in [4.78, 5) is 16.4. The molecule has 4 nitrogen and oxygen atoms in total. The van der Waals surface area contributed by atoms with Crippen LogP contribution < -0.4 is 10.1 Å². The van der Waals surface area contributed by atoms with Crippen molar-refractivity contribution in [1.82, 2.24) is 4.98 Å². The zero-order valence-electron chi connectivity index (χ0n) is 11.2. The molecule has 110 valence electrons. The number of pyridine rings is 1. The maximum atomic E-state index is 12.3. The normalized spacial score (nSPS) is 10.3. The Morgan fingerprint density at radius 3 is 2.67 bits per heavy atom. The highest BCUT2D eigenvalue weighted by Crippen LogP contribution is 2.36. The van der Waals surface area contributed by atoms with E-state index >= 15 is 0 Å². The second kappa shape index (κ2) is 6.64. The predicted octanol–water partition coefficient (Wildman–Crippen LogP) is 4.72. The van der Waals surface area contributed by atoms with Gasteiger partial charge in [0.1, 0.15) is 0 Å². The molecule has 21 heavy (non-hydrogen) atoms. The number of hydrogen-bond donors (Lipinski definition) is 1. The number of halogens is 3. The van der Waals surface area contributed by atoms with Crippen molar-refractivity contribution in [2.45, 2.75) is 6.92 Å². The van der Waals surface area contributed by atoms with Crippen LogP contribution in [0.25, 0.3) is 0 Å². The Balaban J connectivity index is 2.35. The number of amides is 1. The third-order valence-corrected chi connectivity index (χ3v) is 3.82. The number of nitrogens with one attached hydrogen (secondary N) is 1. The highest BCUT2D eigenvalue weighted by molar-refractivity contribution is 9.10. The third-order valence-electron chi connectivity index (χ3n) is 2.70. The standard InChI is InChI=1S/C14H11BrCl2N2O2/c1-7-3-11(17)9(6-18-7)14(20)19-12-5-8(16)4-10(15)13(12)21-2/h3-6H,1-2H3,(H,19,20). The maximum absolute atomic E-state index is 12.3. The number of methoxy groups -OCH3 is 1. The first-order chi connectivity index (χ1) is 9.92. The molecule has 0 unspecified atom stereocenters. The van der Waals surface area contributed by atoms with Gasteiger partial charge in [-0.3, -0.25) is 9.78 Å². The van der Waals surface area contributed by atoms with Gasteiger partial charge in [-0.2, -0.15) is 0 Å². The molecule has 2 aromatic rings. The van der Waals surface area contributed by atoms with Gasteiger partial charge in [0.25, 0.3) is 5.91 Å². The van der Waals surface area contributed by atoms with E-state index < -0.39 is 0 Å². The molecule has 1 aromatic heterocycles. The quantitative estimate of drug-likeness (QED) is 0.826. The first-order valence-electron chi connectivity index (χ1n) is 5.89. The zero-order valence-corrected chi connectivity index (χ0v) is 14.3. The van der Waals surface area contributed by atoms with Crippen molar-refractivity contribution < 1.29 is 9.53 Å². The fourth-order valence-corrected chi connectivity index (χ4v) is 3.01. The Bertz CT molecular complexity index is 708. The van der Waals surface area contributed by atoms with Crippen LogP contribution in [0, 0.1) is 6.92 Å². The van der Waals surface area contributed by atoms with Gasteiger partial charge in [-0.15, -0.1) is 0 Å². The highest BCUT2D eigenvalue weighted by atomic mass is 79.9. The van der Waals surface area contributed by atoms with Crippen LogP contribution in [0.15, 0.2) is 28.9 Å². The van der Waals surface area contributed by atoms with Crippen molar-refractivity contribution in [3.8, 4) is 5.75 Å². The second-order valence-corrected chi connectivity index (χ2v) is 5.93. The van der Waals surface area contributed by atoms with E-state index in [9.17, 15) is 4.79 Å². The molecule has 0 aliphatic carbocycles. The van der Waals surface area contributed by atoms with E-state index in [1.54, 1.807) is 25.1 Å². The fraction of sp³-hybridized carbons (Fsp3) is 0.143. The molecule has 0 aliphatic rings. The molecular weight excluding hydrogens is 379 g/mol. The van der Waals surface area contributed by atoms with Gasteiger partial charge in [0.2, 0.25) is 0 Å². The Morgan fingerprint density at radius 2 is 2.05 bits per heavy atom. The van der Waals surface area contributed by atoms with Gasteiger partial charge in [-0.1, -0.05) is 23.2 Å². The average Bonchev–Trinajstić information content (AvgIpc) is 2.37. The Morgan fingerprint density at radius 1 is 1.33 bits per heavy atom. The van der Waals surface area contributed by atoms with Crippen LogP contribution in [0.3, 0.4) is 0 Å². The molecule has 0 fully saturated rings. The van der Waals surface area contributed by atoms with Gasteiger partial charge >= 0.3 is 0 Å². The van der Waals surface area contributed by atoms with Gasteiger partial charge in [-0.25, -0.2) is 0 Å². The Labute approximate surface area is 140 Å². The molecular formula is C14H11BrCl2N2O2. The summed E-state index contributed by atoms with van der Waals surface area (Å²) in [6.07, 6.45) is 1.43. The number of ether oxygens (including phenoxy) is 1. The third kappa shape index (κ3) is 3.67. The number of anilines is 1. The SMILES string of the molecule is COc1c(Br)cc(Cl)cc1NC(=O)c1cnc(C)cc1Cl. The molecule has 0 saturated heterocycles. The minimum Gasteiger partial charge on any atom is -0.493 e. The molecule has 1 N–H and O–H groups in total. The summed E-state index contributed by atoms with van der Waals surface area (Å²) in [6, 6.07) is 4.90. The number of carbonyl (C=O) groups is 1. The summed E-state index contributed by atoms with van der Waals surface area (Å²) in [7, 11) is 1.50. The monoisotopic (exact) mass is 388 g/mol. The number of benzene rings is 1. The number of aryl methyl sites for hydroxylation is 1. The number of rotatable bonds is 3. The smallest absolute Gasteiger partial charge is 0.258 e. The molecule has 0 radical (unpaired) electrons. The lowest BCUT2D eigenvalue weighted by Gasteiger charge is -2.13. The van der Waals surface area contributed by atoms with Crippen LogP contribution in [-0.4, -0.2) is 18.0 Å². The van der Waals surface area contributed by atoms with Crippen LogP contribution in [0.2, 0.25) is 10.0 Å². The summed E-state index contributed by atoms with van der Waals surface area (Å²) in [5.41, 5.74) is 1.46. The first kappa shape index (κ1) is 16.1. The van der Waals surface area contributed by atoms with Gasteiger partial charge in [0.15, 0.2) is 5.75 Å². The van der Waals surface area contributed by atoms with Crippen molar-refractivity contribution in [2.75, 3.05) is 12.4 Å². The van der Waals surface area contributed by atoms with E-state index in [0.29, 0.717) is 26.0 Å². The molecule has 0 saturated carbocycles. The minimum atomic E-state index is -0.389. The average molecular weight is 390 g/mol. The molecule has 0 aliphatic heterocycles. The summed E-state index contributed by atoms with van der Waals surface area (Å²) < 4.78 is 5.89. The molecule has 1 heterocycles. The van der Waals surface area contributed by atoms with Crippen LogP contribution in [-0.2, 0) is 0 Å². The number of nitrogens with zero attached hydrogens (tertiary/aromatic N) is 1. The molecule has 1 aromatic carbocycles. The van der Waals surface area contributed by atoms with Crippen molar-refractivity contribution in [1.29, 1.82) is 0 Å². The minimum absolute atomic E-state index is 0.278. The van der Waals surface area contributed by atoms with Crippen molar-refractivity contribution >= 4 is 50.7 Å². The van der Waals surface area contributed by atoms with Crippen LogP contribution in [0.4, 0.5) is 5.69 Å². The lowest BCUT2D eigenvalue weighted by atomic mass is 10.2. The lowest BCUT2D eigenvalue weighted by Crippen LogP contribution is -2.14. The van der Waals surface area contributed by atoms with E-state index in [0.717, 1.165) is 5.69 Å². The highest BCUT2D eigenvalue weighted by Gasteiger charge is 2.16. The van der Waals surface area contributed by atoms with Gasteiger partial charge in [0, 0.05) is 16.9 Å². The van der Waals surface area contributed by atoms with Crippen molar-refractivity contribution in [2.24, 2.45) is 0 Å². The second-order valence-electron chi connectivity index (χ2n) is 4.23. The van der Waals surface area contributed by atoms with Crippen molar-refractivity contribution in [3.63, 3.8) is 0 Å². The van der Waals surface area contributed by atoms with E-state index in [-0.39, 0.29) is 11.5 Å². The lowest BCUT2D eigenvalue weighted by molar-refractivity contribution is 0.102. The molecule has 2 rings (SSSR count). The summed E-state index contributed by atoms with van der Waals surface area (Å²) in [5, 5.41) is 3.51. The molecule has 0 bridgehead atoms. The fourth-order valence-electron chi connectivity index (χ4n) is 1.74. The van der Waals surface area contributed by atoms with Crippen LogP contribution >= 0.6 is 39.1 Å². The largest absolute Gasteiger partial charge is 0.493 e. The molecule has 0 spiro atoms. The summed E-state index contributed by atoms with van der Waals surface area (Å²) in [6.45, 7) is 1.80. The van der Waals surface area contributed by atoms with E-state index in [4.69, 9.17) is 27.9 Å². The van der Waals surface area contributed by atoms with E-state index in [1.165, 1.54) is 13.3 Å². The topological polar surface area (TPSA) is 51.2 Å². The van der Waals surface area contributed by atoms with E-state index in [1.807, 2.05) is 0 Å². The van der Waals surface area contributed by atoms with Gasteiger partial charge in [-0.05, 0) is 41.1 Å². The zero-order chi connectivity index (χ0) is 15.6. The molecule has 7 heteroatoms. The predicted molar refractivity (Wildman–Crippen MR) is 87.6 cm³/mol. The maximum Gasteiger partial charge on any atom is 0.258 e. The van der Waals surface area contributed by atoms with Gasteiger partial charge in [0.05, 0.1) is 27.9 Å².